The highest BCUT2D eigenvalue weighted by molar-refractivity contribution is 6.31. The summed E-state index contributed by atoms with van der Waals surface area (Å²) in [5.74, 6) is 0.440. The lowest BCUT2D eigenvalue weighted by Gasteiger charge is -2.33. The Morgan fingerprint density at radius 1 is 1.27 bits per heavy atom. The Bertz CT molecular complexity index is 649. The highest BCUT2D eigenvalue weighted by Crippen LogP contribution is 2.21. The number of hydrogen-bond donors (Lipinski definition) is 1. The van der Waals surface area contributed by atoms with Crippen LogP contribution >= 0.6 is 11.6 Å². The molecule has 0 bridgehead atoms. The number of aryl methyl sites for hydroxylation is 1. The van der Waals surface area contributed by atoms with Crippen molar-refractivity contribution in [1.29, 1.82) is 0 Å². The summed E-state index contributed by atoms with van der Waals surface area (Å²) >= 11 is 5.97. The lowest BCUT2D eigenvalue weighted by molar-refractivity contribution is -0.124. The van der Waals surface area contributed by atoms with Gasteiger partial charge in [-0.05, 0) is 64.3 Å². The number of ether oxygens (including phenoxy) is 2. The molecule has 0 spiro atoms. The number of carbonyl (C=O) groups is 2. The van der Waals surface area contributed by atoms with E-state index in [1.165, 1.54) is 0 Å². The Balaban J connectivity index is 1.72. The molecule has 144 valence electrons. The molecule has 7 heteroatoms. The van der Waals surface area contributed by atoms with E-state index >= 15 is 0 Å². The number of nitrogens with one attached hydrogen (secondary N) is 1. The van der Waals surface area contributed by atoms with Crippen molar-refractivity contribution in [2.75, 3.05) is 19.7 Å². The molecule has 2 rings (SSSR count). The summed E-state index contributed by atoms with van der Waals surface area (Å²) < 4.78 is 10.9. The summed E-state index contributed by atoms with van der Waals surface area (Å²) in [5, 5.41) is 3.62. The second-order valence-electron chi connectivity index (χ2n) is 7.51. The maximum Gasteiger partial charge on any atom is 0.410 e. The van der Waals surface area contributed by atoms with Crippen LogP contribution in [-0.2, 0) is 9.53 Å². The SMILES string of the molecule is Cc1cc(OCC(=O)NC2CCN(C(=O)OC(C)(C)C)CC2)ccc1Cl. The van der Waals surface area contributed by atoms with Crippen LogP contribution < -0.4 is 10.1 Å². The number of amides is 2. The van der Waals surface area contributed by atoms with Gasteiger partial charge in [0.15, 0.2) is 6.61 Å². The van der Waals surface area contributed by atoms with Gasteiger partial charge in [-0.3, -0.25) is 4.79 Å². The van der Waals surface area contributed by atoms with Gasteiger partial charge in [-0.2, -0.15) is 0 Å². The molecule has 0 saturated carbocycles. The second-order valence-corrected chi connectivity index (χ2v) is 7.92. The first-order chi connectivity index (χ1) is 12.1. The molecule has 0 atom stereocenters. The van der Waals surface area contributed by atoms with Gasteiger partial charge in [0.05, 0.1) is 0 Å². The van der Waals surface area contributed by atoms with E-state index in [1.54, 1.807) is 23.1 Å². The highest BCUT2D eigenvalue weighted by atomic mass is 35.5. The highest BCUT2D eigenvalue weighted by Gasteiger charge is 2.27. The van der Waals surface area contributed by atoms with Crippen molar-refractivity contribution in [3.63, 3.8) is 0 Å². The smallest absolute Gasteiger partial charge is 0.410 e. The van der Waals surface area contributed by atoms with Gasteiger partial charge in [-0.15, -0.1) is 0 Å². The van der Waals surface area contributed by atoms with Gasteiger partial charge in [0.2, 0.25) is 0 Å². The largest absolute Gasteiger partial charge is 0.484 e. The van der Waals surface area contributed by atoms with Gasteiger partial charge < -0.3 is 19.7 Å². The van der Waals surface area contributed by atoms with Crippen LogP contribution in [0.4, 0.5) is 4.79 Å². The van der Waals surface area contributed by atoms with E-state index in [-0.39, 0.29) is 24.6 Å². The molecule has 1 aliphatic heterocycles. The standard InChI is InChI=1S/C19H27ClN2O4/c1-13-11-15(5-6-16(13)20)25-12-17(23)21-14-7-9-22(10-8-14)18(24)26-19(2,3)4/h5-6,11,14H,7-10,12H2,1-4H3,(H,21,23). The zero-order chi connectivity index (χ0) is 19.3. The van der Waals surface area contributed by atoms with Crippen molar-refractivity contribution in [2.45, 2.75) is 52.2 Å². The number of hydrogen-bond acceptors (Lipinski definition) is 4. The van der Waals surface area contributed by atoms with E-state index in [4.69, 9.17) is 21.1 Å². The summed E-state index contributed by atoms with van der Waals surface area (Å²) in [7, 11) is 0. The lowest BCUT2D eigenvalue weighted by Crippen LogP contribution is -2.48. The third-order valence-electron chi connectivity index (χ3n) is 4.01. The van der Waals surface area contributed by atoms with Crippen LogP contribution in [0, 0.1) is 6.92 Å². The van der Waals surface area contributed by atoms with Gasteiger partial charge in [-0.25, -0.2) is 4.79 Å². The number of carbonyl (C=O) groups excluding carboxylic acids is 2. The predicted molar refractivity (Wildman–Crippen MR) is 101 cm³/mol. The van der Waals surface area contributed by atoms with Crippen LogP contribution in [0.25, 0.3) is 0 Å². The average molecular weight is 383 g/mol. The van der Waals surface area contributed by atoms with Crippen molar-refractivity contribution >= 4 is 23.6 Å². The van der Waals surface area contributed by atoms with Crippen LogP contribution in [0.5, 0.6) is 5.75 Å². The molecule has 0 aliphatic carbocycles. The molecule has 1 aromatic carbocycles. The predicted octanol–water partition coefficient (Wildman–Crippen LogP) is 3.54. The van der Waals surface area contributed by atoms with E-state index < -0.39 is 5.60 Å². The molecule has 0 aromatic heterocycles. The molecule has 1 saturated heterocycles. The van der Waals surface area contributed by atoms with Crippen molar-refractivity contribution in [2.24, 2.45) is 0 Å². The number of halogens is 1. The zero-order valence-corrected chi connectivity index (χ0v) is 16.6. The fraction of sp³-hybridized carbons (Fsp3) is 0.579. The van der Waals surface area contributed by atoms with Crippen LogP contribution in [-0.4, -0.2) is 48.2 Å². The fourth-order valence-electron chi connectivity index (χ4n) is 2.66. The summed E-state index contributed by atoms with van der Waals surface area (Å²) in [6, 6.07) is 5.32. The molecule has 1 aromatic rings. The summed E-state index contributed by atoms with van der Waals surface area (Å²) in [5.41, 5.74) is 0.401. The van der Waals surface area contributed by atoms with Gasteiger partial charge >= 0.3 is 6.09 Å². The molecular formula is C19H27ClN2O4. The Morgan fingerprint density at radius 3 is 2.50 bits per heavy atom. The maximum atomic E-state index is 12.1. The topological polar surface area (TPSA) is 67.9 Å². The van der Waals surface area contributed by atoms with Crippen LogP contribution in [0.15, 0.2) is 18.2 Å². The molecule has 2 amide bonds. The van der Waals surface area contributed by atoms with Crippen LogP contribution in [0.2, 0.25) is 5.02 Å². The first-order valence-corrected chi connectivity index (χ1v) is 9.18. The number of likely N-dealkylation sites (tertiary alicyclic amines) is 1. The monoisotopic (exact) mass is 382 g/mol. The molecule has 26 heavy (non-hydrogen) atoms. The van der Waals surface area contributed by atoms with Crippen molar-refractivity contribution in [3.05, 3.63) is 28.8 Å². The van der Waals surface area contributed by atoms with E-state index in [0.717, 1.165) is 5.56 Å². The van der Waals surface area contributed by atoms with Gasteiger partial charge in [0.1, 0.15) is 11.4 Å². The van der Waals surface area contributed by atoms with Gasteiger partial charge in [0, 0.05) is 24.2 Å². The van der Waals surface area contributed by atoms with Crippen molar-refractivity contribution < 1.29 is 19.1 Å². The molecule has 0 radical (unpaired) electrons. The third-order valence-corrected chi connectivity index (χ3v) is 4.44. The minimum atomic E-state index is -0.500. The minimum absolute atomic E-state index is 0.0386. The van der Waals surface area contributed by atoms with Crippen molar-refractivity contribution in [3.8, 4) is 5.75 Å². The first-order valence-electron chi connectivity index (χ1n) is 8.80. The molecule has 1 aliphatic rings. The number of benzene rings is 1. The Labute approximate surface area is 159 Å². The Hall–Kier alpha value is -1.95. The Morgan fingerprint density at radius 2 is 1.92 bits per heavy atom. The first kappa shape index (κ1) is 20.4. The fourth-order valence-corrected chi connectivity index (χ4v) is 2.78. The van der Waals surface area contributed by atoms with Crippen LogP contribution in [0.1, 0.15) is 39.2 Å². The van der Waals surface area contributed by atoms with E-state index in [2.05, 4.69) is 5.32 Å². The molecule has 6 nitrogen and oxygen atoms in total. The summed E-state index contributed by atoms with van der Waals surface area (Å²) in [4.78, 5) is 25.8. The Kier molecular flexibility index (Phi) is 6.75. The van der Waals surface area contributed by atoms with E-state index in [9.17, 15) is 9.59 Å². The quantitative estimate of drug-likeness (QED) is 0.864. The molecular weight excluding hydrogens is 356 g/mol. The van der Waals surface area contributed by atoms with Gasteiger partial charge in [0.25, 0.3) is 5.91 Å². The van der Waals surface area contributed by atoms with E-state index in [0.29, 0.717) is 36.7 Å². The normalized spacial score (nSPS) is 15.5. The lowest BCUT2D eigenvalue weighted by atomic mass is 10.1. The molecule has 1 fully saturated rings. The zero-order valence-electron chi connectivity index (χ0n) is 15.8. The molecule has 1 heterocycles. The second kappa shape index (κ2) is 8.62. The molecule has 0 unspecified atom stereocenters. The number of rotatable bonds is 4. The summed E-state index contributed by atoms with van der Waals surface area (Å²) in [6.45, 7) is 8.51. The average Bonchev–Trinajstić information content (AvgIpc) is 2.55. The maximum absolute atomic E-state index is 12.1. The molecule has 1 N–H and O–H groups in total. The number of nitrogens with zero attached hydrogens (tertiary/aromatic N) is 1. The van der Waals surface area contributed by atoms with E-state index in [1.807, 2.05) is 27.7 Å². The minimum Gasteiger partial charge on any atom is -0.484 e. The van der Waals surface area contributed by atoms with Crippen molar-refractivity contribution in [1.82, 2.24) is 10.2 Å². The summed E-state index contributed by atoms with van der Waals surface area (Å²) in [6.07, 6.45) is 1.10. The van der Waals surface area contributed by atoms with Crippen LogP contribution in [0.3, 0.4) is 0 Å². The van der Waals surface area contributed by atoms with Gasteiger partial charge in [-0.1, -0.05) is 11.6 Å². The third kappa shape index (κ3) is 6.41. The number of piperidine rings is 1.